The van der Waals surface area contributed by atoms with Crippen LogP contribution in [0.2, 0.25) is 0 Å². The predicted molar refractivity (Wildman–Crippen MR) is 123 cm³/mol. The van der Waals surface area contributed by atoms with Crippen molar-refractivity contribution < 1.29 is 18.5 Å². The predicted octanol–water partition coefficient (Wildman–Crippen LogP) is 4.37. The average Bonchev–Trinajstić information content (AvgIpc) is 3.28. The number of nitro groups is 1. The molecule has 1 atom stereocenters. The second kappa shape index (κ2) is 9.72. The number of piperidine rings is 1. The normalized spacial score (nSPS) is 19.1. The van der Waals surface area contributed by atoms with Gasteiger partial charge in [-0.25, -0.2) is 8.78 Å². The summed E-state index contributed by atoms with van der Waals surface area (Å²) in [5.41, 5.74) is 1.54. The smallest absolute Gasteiger partial charge is 0.270 e. The number of non-ortho nitro benzene ring substituents is 1. The Bertz CT molecular complexity index is 1040. The molecule has 33 heavy (non-hydrogen) atoms. The molecule has 2 aliphatic rings. The molecule has 1 amide bonds. The number of nitro benzene ring substituents is 1. The van der Waals surface area contributed by atoms with E-state index < -0.39 is 16.6 Å². The van der Waals surface area contributed by atoms with Crippen molar-refractivity contribution in [3.05, 3.63) is 63.7 Å². The van der Waals surface area contributed by atoms with Gasteiger partial charge in [-0.05, 0) is 49.3 Å². The fraction of sp³-hybridized carbons (Fsp3) is 0.458. The lowest BCUT2D eigenvalue weighted by atomic mass is 9.97. The molecule has 7 nitrogen and oxygen atoms in total. The van der Waals surface area contributed by atoms with Crippen molar-refractivity contribution in [2.24, 2.45) is 11.8 Å². The van der Waals surface area contributed by atoms with Gasteiger partial charge in [0.25, 0.3) is 11.6 Å². The molecule has 176 valence electrons. The van der Waals surface area contributed by atoms with Gasteiger partial charge >= 0.3 is 0 Å². The Morgan fingerprint density at radius 3 is 2.48 bits per heavy atom. The van der Waals surface area contributed by atoms with Gasteiger partial charge in [0.05, 0.1) is 16.2 Å². The van der Waals surface area contributed by atoms with Gasteiger partial charge in [-0.3, -0.25) is 14.9 Å². The van der Waals surface area contributed by atoms with Gasteiger partial charge in [0, 0.05) is 56.6 Å². The number of benzene rings is 2. The Labute approximate surface area is 191 Å². The highest BCUT2D eigenvalue weighted by atomic mass is 19.2. The molecule has 2 aromatic rings. The van der Waals surface area contributed by atoms with Crippen molar-refractivity contribution in [3.63, 3.8) is 0 Å². The molecular weight excluding hydrogens is 430 g/mol. The lowest BCUT2D eigenvalue weighted by Gasteiger charge is -2.33. The van der Waals surface area contributed by atoms with E-state index in [-0.39, 0.29) is 17.5 Å². The standard InChI is InChI=1S/C24H28F2N4O3/c1-16-6-9-28(10-7-16)23-5-3-19(30(32)33)12-20(23)24(31)27-14-17-8-11-29(15-17)18-2-4-21(25)22(26)13-18/h2-5,12-13,16-17H,6-11,14-15H2,1H3,(H,27,31). The molecule has 0 bridgehead atoms. The maximum absolute atomic E-state index is 13.6. The third-order valence-corrected chi connectivity index (χ3v) is 6.67. The first-order chi connectivity index (χ1) is 15.8. The first-order valence-electron chi connectivity index (χ1n) is 11.3. The van der Waals surface area contributed by atoms with E-state index in [1.54, 1.807) is 12.1 Å². The number of carbonyl (C=O) groups excluding carboxylic acids is 1. The van der Waals surface area contributed by atoms with Gasteiger partial charge in [0.1, 0.15) is 0 Å². The monoisotopic (exact) mass is 458 g/mol. The van der Waals surface area contributed by atoms with E-state index in [2.05, 4.69) is 17.1 Å². The first-order valence-corrected chi connectivity index (χ1v) is 11.3. The molecule has 2 saturated heterocycles. The van der Waals surface area contributed by atoms with Crippen LogP contribution in [0.15, 0.2) is 36.4 Å². The molecular formula is C24H28F2N4O3. The lowest BCUT2D eigenvalue weighted by molar-refractivity contribution is -0.384. The highest BCUT2D eigenvalue weighted by molar-refractivity contribution is 6.00. The minimum absolute atomic E-state index is 0.111. The molecule has 0 spiro atoms. The largest absolute Gasteiger partial charge is 0.371 e. The van der Waals surface area contributed by atoms with Crippen molar-refractivity contribution in [2.75, 3.05) is 42.5 Å². The Morgan fingerprint density at radius 2 is 1.79 bits per heavy atom. The van der Waals surface area contributed by atoms with Gasteiger partial charge < -0.3 is 15.1 Å². The second-order valence-corrected chi connectivity index (χ2v) is 9.04. The van der Waals surface area contributed by atoms with Crippen LogP contribution in [0.5, 0.6) is 0 Å². The second-order valence-electron chi connectivity index (χ2n) is 9.04. The first kappa shape index (κ1) is 22.9. The molecule has 0 aromatic heterocycles. The van der Waals surface area contributed by atoms with E-state index >= 15 is 0 Å². The summed E-state index contributed by atoms with van der Waals surface area (Å²) in [5.74, 6) is -1.33. The molecule has 2 aliphatic heterocycles. The minimum Gasteiger partial charge on any atom is -0.371 e. The van der Waals surface area contributed by atoms with Crippen molar-refractivity contribution in [1.29, 1.82) is 0 Å². The Morgan fingerprint density at radius 1 is 1.06 bits per heavy atom. The zero-order chi connectivity index (χ0) is 23.5. The highest BCUT2D eigenvalue weighted by Crippen LogP contribution is 2.30. The zero-order valence-electron chi connectivity index (χ0n) is 18.6. The van der Waals surface area contributed by atoms with E-state index in [1.807, 2.05) is 4.90 Å². The van der Waals surface area contributed by atoms with Crippen molar-refractivity contribution in [1.82, 2.24) is 5.32 Å². The number of carbonyl (C=O) groups is 1. The summed E-state index contributed by atoms with van der Waals surface area (Å²) >= 11 is 0. The van der Waals surface area contributed by atoms with Gasteiger partial charge in [0.2, 0.25) is 0 Å². The third-order valence-electron chi connectivity index (χ3n) is 6.67. The Balaban J connectivity index is 1.43. The fourth-order valence-corrected chi connectivity index (χ4v) is 4.59. The third kappa shape index (κ3) is 5.23. The summed E-state index contributed by atoms with van der Waals surface area (Å²) < 4.78 is 26.8. The van der Waals surface area contributed by atoms with Crippen LogP contribution in [0.4, 0.5) is 25.8 Å². The molecule has 9 heteroatoms. The number of anilines is 2. The molecule has 0 radical (unpaired) electrons. The fourth-order valence-electron chi connectivity index (χ4n) is 4.59. The number of rotatable bonds is 6. The average molecular weight is 459 g/mol. The highest BCUT2D eigenvalue weighted by Gasteiger charge is 2.26. The van der Waals surface area contributed by atoms with Crippen LogP contribution in [0.1, 0.15) is 36.5 Å². The lowest BCUT2D eigenvalue weighted by Crippen LogP contribution is -2.36. The number of hydrogen-bond acceptors (Lipinski definition) is 5. The number of nitrogens with zero attached hydrogens (tertiary/aromatic N) is 3. The van der Waals surface area contributed by atoms with Crippen LogP contribution in [-0.2, 0) is 0 Å². The molecule has 4 rings (SSSR count). The summed E-state index contributed by atoms with van der Waals surface area (Å²) in [5, 5.41) is 14.2. The number of nitrogens with one attached hydrogen (secondary N) is 1. The van der Waals surface area contributed by atoms with Crippen molar-refractivity contribution in [3.8, 4) is 0 Å². The van der Waals surface area contributed by atoms with Gasteiger partial charge in [-0.15, -0.1) is 0 Å². The summed E-state index contributed by atoms with van der Waals surface area (Å²) in [7, 11) is 0. The van der Waals surface area contributed by atoms with Crippen molar-refractivity contribution >= 4 is 23.0 Å². The number of halogens is 2. The van der Waals surface area contributed by atoms with E-state index in [1.165, 1.54) is 18.2 Å². The van der Waals surface area contributed by atoms with Crippen LogP contribution in [-0.4, -0.2) is 43.6 Å². The molecule has 0 saturated carbocycles. The number of amides is 1. The quantitative estimate of drug-likeness (QED) is 0.514. The maximum Gasteiger partial charge on any atom is 0.270 e. The van der Waals surface area contributed by atoms with Crippen LogP contribution in [0.25, 0.3) is 0 Å². The van der Waals surface area contributed by atoms with Crippen LogP contribution < -0.4 is 15.1 Å². The minimum atomic E-state index is -0.880. The molecule has 2 aromatic carbocycles. The van der Waals surface area contributed by atoms with E-state index in [0.717, 1.165) is 44.1 Å². The molecule has 1 unspecified atom stereocenters. The summed E-state index contributed by atoms with van der Waals surface area (Å²) in [6.07, 6.45) is 2.82. The Kier molecular flexibility index (Phi) is 6.76. The van der Waals surface area contributed by atoms with Crippen LogP contribution in [0.3, 0.4) is 0 Å². The van der Waals surface area contributed by atoms with Gasteiger partial charge in [-0.2, -0.15) is 0 Å². The zero-order valence-corrected chi connectivity index (χ0v) is 18.6. The molecule has 2 heterocycles. The van der Waals surface area contributed by atoms with Crippen LogP contribution >= 0.6 is 0 Å². The van der Waals surface area contributed by atoms with Gasteiger partial charge in [0.15, 0.2) is 11.6 Å². The SMILES string of the molecule is CC1CCN(c2ccc([N+](=O)[O-])cc2C(=O)NCC2CCN(c3ccc(F)c(F)c3)C2)CC1. The van der Waals surface area contributed by atoms with E-state index in [9.17, 15) is 23.7 Å². The van der Waals surface area contributed by atoms with Crippen molar-refractivity contribution in [2.45, 2.75) is 26.2 Å². The molecule has 0 aliphatic carbocycles. The van der Waals surface area contributed by atoms with E-state index in [0.29, 0.717) is 36.8 Å². The maximum atomic E-state index is 13.6. The van der Waals surface area contributed by atoms with Crippen LogP contribution in [0, 0.1) is 33.6 Å². The summed E-state index contributed by atoms with van der Waals surface area (Å²) in [6, 6.07) is 8.32. The molecule has 1 N–H and O–H groups in total. The topological polar surface area (TPSA) is 78.7 Å². The summed E-state index contributed by atoms with van der Waals surface area (Å²) in [4.78, 5) is 28.0. The molecule has 2 fully saturated rings. The van der Waals surface area contributed by atoms with E-state index in [4.69, 9.17) is 0 Å². The Hall–Kier alpha value is -3.23. The van der Waals surface area contributed by atoms with Gasteiger partial charge in [-0.1, -0.05) is 6.92 Å². The summed E-state index contributed by atoms with van der Waals surface area (Å²) in [6.45, 7) is 5.51. The number of hydrogen-bond donors (Lipinski definition) is 1.